The molecule has 8 heteroatoms. The summed E-state index contributed by atoms with van der Waals surface area (Å²) in [5.41, 5.74) is 38.0. The van der Waals surface area contributed by atoms with E-state index in [9.17, 15) is 0 Å². The molecule has 8 nitrogen and oxygen atoms in total. The third-order valence-corrected chi connectivity index (χ3v) is 29.8. The van der Waals surface area contributed by atoms with Crippen molar-refractivity contribution < 1.29 is 0 Å². The summed E-state index contributed by atoms with van der Waals surface area (Å²) in [6.45, 7) is 0. The molecule has 0 spiro atoms. The highest BCUT2D eigenvalue weighted by atomic mass is 15.0. The van der Waals surface area contributed by atoms with Crippen LogP contribution < -0.4 is 0 Å². The van der Waals surface area contributed by atoms with E-state index in [4.69, 9.17) is 0 Å². The molecule has 0 fully saturated rings. The minimum atomic E-state index is 0.207. The van der Waals surface area contributed by atoms with Crippen molar-refractivity contribution in [2.75, 3.05) is 0 Å². The summed E-state index contributed by atoms with van der Waals surface area (Å²) in [7, 11) is 0. The summed E-state index contributed by atoms with van der Waals surface area (Å²) in [6, 6.07) is 188. The molecule has 0 amide bonds. The van der Waals surface area contributed by atoms with Crippen molar-refractivity contribution in [3.05, 3.63) is 532 Å². The van der Waals surface area contributed by atoms with E-state index < -0.39 is 0 Å². The van der Waals surface area contributed by atoms with Gasteiger partial charge in [0.1, 0.15) is 0 Å². The van der Waals surface area contributed by atoms with Crippen LogP contribution in [0.1, 0.15) is 22.6 Å². The molecule has 1 aliphatic carbocycles. The fraction of sp³-hybridized carbons (Fsp3) is 0.00752. The third kappa shape index (κ3) is 12.2. The second kappa shape index (κ2) is 31.9. The van der Waals surface area contributed by atoms with E-state index in [2.05, 4.69) is 552 Å². The number of hydrogen-bond acceptors (Lipinski definition) is 0. The van der Waals surface area contributed by atoms with E-state index in [1.807, 2.05) is 0 Å². The van der Waals surface area contributed by atoms with Crippen LogP contribution in [0.25, 0.3) is 242 Å². The Bertz CT molecular complexity index is 10200. The maximum absolute atomic E-state index is 2.49. The Hall–Kier alpha value is -18.8. The lowest BCUT2D eigenvalue weighted by Crippen LogP contribution is -1.99. The van der Waals surface area contributed by atoms with Crippen molar-refractivity contribution in [2.45, 2.75) is 5.92 Å². The van der Waals surface area contributed by atoms with Crippen LogP contribution in [0, 0.1) is 0 Å². The van der Waals surface area contributed by atoms with Crippen molar-refractivity contribution in [3.8, 4) is 67.8 Å². The summed E-state index contributed by atoms with van der Waals surface area (Å²) in [5, 5.41) is 20.1. The van der Waals surface area contributed by atoms with Gasteiger partial charge < -0.3 is 36.5 Å². The maximum atomic E-state index is 2.49. The third-order valence-electron chi connectivity index (χ3n) is 29.8. The summed E-state index contributed by atoms with van der Waals surface area (Å²) >= 11 is 0. The van der Waals surface area contributed by atoms with Gasteiger partial charge in [-0.15, -0.1) is 0 Å². The number of para-hydroxylation sites is 14. The average Bonchev–Trinajstić information content (AvgIpc) is 1.53. The fourth-order valence-electron chi connectivity index (χ4n) is 24.0. The molecule has 31 rings (SSSR count). The van der Waals surface area contributed by atoms with Crippen LogP contribution in [0.2, 0.25) is 0 Å². The first-order valence-corrected chi connectivity index (χ1v) is 48.7. The summed E-state index contributed by atoms with van der Waals surface area (Å²) < 4.78 is 19.4. The molecule has 0 aliphatic heterocycles. The predicted molar refractivity (Wildman–Crippen MR) is 592 cm³/mol. The Morgan fingerprint density at radius 2 is 0.383 bits per heavy atom. The normalized spacial score (nSPS) is 12.6. The van der Waals surface area contributed by atoms with Gasteiger partial charge in [-0.1, -0.05) is 322 Å². The molecule has 8 aromatic heterocycles. The monoisotopic (exact) mass is 1790 g/mol. The molecular formula is C133H86N8. The van der Waals surface area contributed by atoms with Gasteiger partial charge in [-0.2, -0.15) is 0 Å². The van der Waals surface area contributed by atoms with E-state index in [0.717, 1.165) is 28.4 Å². The average molecular weight is 1800 g/mol. The first-order valence-electron chi connectivity index (χ1n) is 48.7. The van der Waals surface area contributed by atoms with E-state index in [0.29, 0.717) is 0 Å². The van der Waals surface area contributed by atoms with Gasteiger partial charge in [0.25, 0.3) is 0 Å². The summed E-state index contributed by atoms with van der Waals surface area (Å²) in [6.07, 6.45) is 0. The van der Waals surface area contributed by atoms with E-state index >= 15 is 0 Å². The topological polar surface area (TPSA) is 39.4 Å². The first-order chi connectivity index (χ1) is 70.0. The van der Waals surface area contributed by atoms with Crippen molar-refractivity contribution in [1.29, 1.82) is 0 Å². The van der Waals surface area contributed by atoms with Gasteiger partial charge in [0, 0.05) is 143 Å². The summed E-state index contributed by atoms with van der Waals surface area (Å²) in [4.78, 5) is 0. The number of rotatable bonds is 10. The van der Waals surface area contributed by atoms with Crippen LogP contribution in [0.4, 0.5) is 0 Å². The van der Waals surface area contributed by atoms with Gasteiger partial charge >= 0.3 is 0 Å². The fourth-order valence-corrected chi connectivity index (χ4v) is 24.0. The molecule has 1 atom stereocenters. The Labute approximate surface area is 811 Å². The molecule has 8 heterocycles. The van der Waals surface area contributed by atoms with Crippen LogP contribution >= 0.6 is 0 Å². The Kier molecular flexibility index (Phi) is 18.0. The molecule has 658 valence electrons. The molecule has 141 heavy (non-hydrogen) atoms. The van der Waals surface area contributed by atoms with Gasteiger partial charge in [0.05, 0.1) is 88.3 Å². The van der Waals surface area contributed by atoms with E-state index in [1.54, 1.807) is 0 Å². The zero-order valence-electron chi connectivity index (χ0n) is 76.7. The molecule has 30 aromatic rings. The maximum Gasteiger partial charge on any atom is 0.0627 e. The van der Waals surface area contributed by atoms with Crippen LogP contribution in [-0.2, 0) is 0 Å². The van der Waals surface area contributed by atoms with E-state index in [-0.39, 0.29) is 5.92 Å². The number of hydrogen-bond donors (Lipinski definition) is 0. The van der Waals surface area contributed by atoms with Crippen LogP contribution in [0.3, 0.4) is 0 Å². The number of benzene rings is 22. The molecule has 0 saturated heterocycles. The largest absolute Gasteiger partial charge is 0.309 e. The second-order valence-corrected chi connectivity index (χ2v) is 37.3. The van der Waals surface area contributed by atoms with Crippen LogP contribution in [0.15, 0.2) is 516 Å². The SMILES string of the molecule is c1ccc(-n2c3ccccc3c3cc(-n4c5ccccc5c5cc6c(cc54)c4ccccc4n6-c4ccccc4)ccc32)cc1.c1ccc(-n2c3ccccc3c3cc4c(cc32)c2ccccc2n4-c2ccc(-n3c4ccccc4c4ccccc43)cc2)cc1.c1ccc(C2c3ccccc3-c3cc(-c4c5c6ccccc6n(-c6ccccc6)c5cc5c6ccccc6n(-c6ccccc6)c45)ccc32)cc1. The van der Waals surface area contributed by atoms with Crippen molar-refractivity contribution in [2.24, 2.45) is 0 Å². The Morgan fingerprint density at radius 3 is 0.773 bits per heavy atom. The molecule has 1 unspecified atom stereocenters. The molecular weight excluding hydrogens is 1710 g/mol. The summed E-state index contributed by atoms with van der Waals surface area (Å²) in [5.74, 6) is 0.207. The highest BCUT2D eigenvalue weighted by Crippen LogP contribution is 2.54. The Balaban J connectivity index is 0.000000102. The molecule has 0 saturated carbocycles. The van der Waals surface area contributed by atoms with Crippen molar-refractivity contribution in [1.82, 2.24) is 36.5 Å². The number of aromatic nitrogens is 8. The van der Waals surface area contributed by atoms with Gasteiger partial charge in [0.15, 0.2) is 0 Å². The zero-order valence-corrected chi connectivity index (χ0v) is 76.7. The number of fused-ring (bicyclic) bond motifs is 27. The van der Waals surface area contributed by atoms with Crippen molar-refractivity contribution in [3.63, 3.8) is 0 Å². The van der Waals surface area contributed by atoms with Crippen LogP contribution in [0.5, 0.6) is 0 Å². The van der Waals surface area contributed by atoms with Gasteiger partial charge in [-0.3, -0.25) is 0 Å². The second-order valence-electron chi connectivity index (χ2n) is 37.3. The van der Waals surface area contributed by atoms with E-state index in [1.165, 1.54) is 230 Å². The Morgan fingerprint density at radius 1 is 0.135 bits per heavy atom. The van der Waals surface area contributed by atoms with Gasteiger partial charge in [-0.05, 0) is 228 Å². The van der Waals surface area contributed by atoms with Crippen LogP contribution in [-0.4, -0.2) is 36.5 Å². The molecule has 0 bridgehead atoms. The van der Waals surface area contributed by atoms with Gasteiger partial charge in [0.2, 0.25) is 0 Å². The highest BCUT2D eigenvalue weighted by molar-refractivity contribution is 6.28. The lowest BCUT2D eigenvalue weighted by atomic mass is 9.88. The van der Waals surface area contributed by atoms with Gasteiger partial charge in [-0.25, -0.2) is 0 Å². The highest BCUT2D eigenvalue weighted by Gasteiger charge is 2.33. The molecule has 0 N–H and O–H groups in total. The quantitative estimate of drug-likeness (QED) is 0.131. The zero-order chi connectivity index (χ0) is 92.4. The first kappa shape index (κ1) is 79.6. The van der Waals surface area contributed by atoms with Crippen molar-refractivity contribution >= 4 is 174 Å². The lowest BCUT2D eigenvalue weighted by molar-refractivity contribution is 1.02. The predicted octanol–water partition coefficient (Wildman–Crippen LogP) is 34.7. The molecule has 1 aliphatic rings. The molecule has 22 aromatic carbocycles. The standard InChI is InChI=1S/C49H32N2.2C42H27N3/c1-4-16-32(17-5-1)46-38-24-11-10-22-36(38)41-30-33(28-29-39(41)46)47-48-40-25-13-15-27-44(40)50(34-18-6-2-7-19-34)45(48)31-42-37-23-12-14-26-43(37)51(49(42)47)35-20-8-3-9-21-35;1-3-13-28(14-4-1)43-37-20-10-7-17-31(37)34-25-30(23-24-40(34)43)45-39-22-12-9-19-33(39)36-26-41-35(27-42(36)45)32-18-8-11-21-38(32)44(41)29-15-5-2-6-16-29;1-2-12-28(13-3-1)44-39-20-10-6-16-33(39)35-27-42-36(26-41(35)44)34-17-7-11-21-40(34)45(42)30-24-22-29(23-25-30)43-37-18-8-4-14-31(37)32-15-5-9-19-38(32)43/h1-31,46H;2*1-27H. The lowest BCUT2D eigenvalue weighted by Gasteiger charge is -2.17. The smallest absolute Gasteiger partial charge is 0.0627 e. The minimum absolute atomic E-state index is 0.207. The molecule has 0 radical (unpaired) electrons. The minimum Gasteiger partial charge on any atom is -0.309 e. The number of nitrogens with zero attached hydrogens (tertiary/aromatic N) is 8.